The Balaban J connectivity index is 2.00. The Morgan fingerprint density at radius 3 is 2.68 bits per heavy atom. The molecule has 0 radical (unpaired) electrons. The Morgan fingerprint density at radius 2 is 2.12 bits per heavy atom. The molecule has 2 N–H and O–H groups in total. The van der Waals surface area contributed by atoms with Gasteiger partial charge < -0.3 is 15.0 Å². The summed E-state index contributed by atoms with van der Waals surface area (Å²) in [5.41, 5.74) is -0.283. The smallest absolute Gasteiger partial charge is 0.413 e. The molecular weight excluding hydrogens is 343 g/mol. The standard InChI is InChI=1S/C14H18F3N5O3/c1-13(2,3)25-12(24)20-10-4-8(5-18-21-10)6-22-7-9(14(15,16)17)19-11(22)23/h4-5,9H,6-7H2,1-3H3,(H,19,23)(H,20,21,24)/t9-/m0/s1. The minimum atomic E-state index is -4.51. The van der Waals surface area contributed by atoms with Gasteiger partial charge >= 0.3 is 18.3 Å². The molecule has 138 valence electrons. The lowest BCUT2D eigenvalue weighted by Crippen LogP contribution is -2.40. The summed E-state index contributed by atoms with van der Waals surface area (Å²) in [6.45, 7) is 4.48. The van der Waals surface area contributed by atoms with Gasteiger partial charge in [-0.2, -0.15) is 18.3 Å². The number of amides is 3. The number of hydrogen-bond donors (Lipinski definition) is 2. The first-order chi connectivity index (χ1) is 11.4. The molecule has 1 saturated heterocycles. The van der Waals surface area contributed by atoms with E-state index in [9.17, 15) is 22.8 Å². The molecule has 8 nitrogen and oxygen atoms in total. The van der Waals surface area contributed by atoms with Gasteiger partial charge in [-0.1, -0.05) is 0 Å². The number of nitrogens with one attached hydrogen (secondary N) is 2. The van der Waals surface area contributed by atoms with E-state index in [-0.39, 0.29) is 12.4 Å². The quantitative estimate of drug-likeness (QED) is 0.861. The van der Waals surface area contributed by atoms with Crippen molar-refractivity contribution < 1.29 is 27.5 Å². The maximum Gasteiger partial charge on any atom is 0.413 e. The molecule has 0 spiro atoms. The first-order valence-electron chi connectivity index (χ1n) is 7.38. The highest BCUT2D eigenvalue weighted by molar-refractivity contribution is 5.83. The van der Waals surface area contributed by atoms with Gasteiger partial charge in [0.1, 0.15) is 11.6 Å². The first kappa shape index (κ1) is 18.7. The fourth-order valence-corrected chi connectivity index (χ4v) is 2.09. The highest BCUT2D eigenvalue weighted by atomic mass is 19.4. The SMILES string of the molecule is CC(C)(C)OC(=O)Nc1cc(CN2C[C@@H](C(F)(F)F)NC2=O)cnn1. The van der Waals surface area contributed by atoms with Crippen LogP contribution in [0, 0.1) is 0 Å². The third-order valence-electron chi connectivity index (χ3n) is 3.10. The number of aromatic nitrogens is 2. The van der Waals surface area contributed by atoms with Crippen LogP contribution in [0.4, 0.5) is 28.6 Å². The molecule has 0 unspecified atom stereocenters. The number of carbonyl (C=O) groups excluding carboxylic acids is 2. The van der Waals surface area contributed by atoms with Gasteiger partial charge in [-0.3, -0.25) is 5.32 Å². The van der Waals surface area contributed by atoms with E-state index in [0.29, 0.717) is 5.56 Å². The largest absolute Gasteiger partial charge is 0.444 e. The van der Waals surface area contributed by atoms with E-state index in [0.717, 1.165) is 4.90 Å². The number of urea groups is 1. The summed E-state index contributed by atoms with van der Waals surface area (Å²) in [5, 5.41) is 11.6. The fourth-order valence-electron chi connectivity index (χ4n) is 2.09. The van der Waals surface area contributed by atoms with Crippen molar-refractivity contribution in [2.45, 2.75) is 45.1 Å². The van der Waals surface area contributed by atoms with E-state index in [1.54, 1.807) is 20.8 Å². The highest BCUT2D eigenvalue weighted by Gasteiger charge is 2.46. The Bertz CT molecular complexity index is 660. The van der Waals surface area contributed by atoms with E-state index >= 15 is 0 Å². The molecule has 0 saturated carbocycles. The normalized spacial score (nSPS) is 18.1. The van der Waals surface area contributed by atoms with Gasteiger partial charge in [0.25, 0.3) is 0 Å². The summed E-state index contributed by atoms with van der Waals surface area (Å²) in [5.74, 6) is 0.0683. The van der Waals surface area contributed by atoms with Gasteiger partial charge in [0.05, 0.1) is 12.7 Å². The predicted octanol–water partition coefficient (Wildman–Crippen LogP) is 2.28. The Morgan fingerprint density at radius 1 is 1.44 bits per heavy atom. The second kappa shape index (κ2) is 6.73. The molecule has 1 atom stereocenters. The summed E-state index contributed by atoms with van der Waals surface area (Å²) in [4.78, 5) is 24.3. The summed E-state index contributed by atoms with van der Waals surface area (Å²) >= 11 is 0. The lowest BCUT2D eigenvalue weighted by molar-refractivity contribution is -0.149. The molecule has 1 fully saturated rings. The van der Waals surface area contributed by atoms with E-state index in [4.69, 9.17) is 4.74 Å². The van der Waals surface area contributed by atoms with Crippen molar-refractivity contribution in [1.29, 1.82) is 0 Å². The van der Waals surface area contributed by atoms with Crippen molar-refractivity contribution in [1.82, 2.24) is 20.4 Å². The van der Waals surface area contributed by atoms with Crippen LogP contribution in [0.25, 0.3) is 0 Å². The molecule has 25 heavy (non-hydrogen) atoms. The average Bonchev–Trinajstić information content (AvgIpc) is 2.78. The molecule has 11 heteroatoms. The zero-order valence-electron chi connectivity index (χ0n) is 13.8. The van der Waals surface area contributed by atoms with Gasteiger partial charge in [-0.15, -0.1) is 5.10 Å². The van der Waals surface area contributed by atoms with Crippen molar-refractivity contribution in [2.24, 2.45) is 0 Å². The van der Waals surface area contributed by atoms with Crippen molar-refractivity contribution >= 4 is 17.9 Å². The minimum Gasteiger partial charge on any atom is -0.444 e. The van der Waals surface area contributed by atoms with Crippen LogP contribution in [0.1, 0.15) is 26.3 Å². The summed E-state index contributed by atoms with van der Waals surface area (Å²) in [6.07, 6.45) is -3.95. The van der Waals surface area contributed by atoms with Crippen LogP contribution in [-0.4, -0.2) is 51.6 Å². The van der Waals surface area contributed by atoms with Crippen LogP contribution >= 0.6 is 0 Å². The Hall–Kier alpha value is -2.59. The van der Waals surface area contributed by atoms with Gasteiger partial charge in [0.15, 0.2) is 5.82 Å². The topological polar surface area (TPSA) is 96.5 Å². The van der Waals surface area contributed by atoms with Gasteiger partial charge in [0, 0.05) is 6.54 Å². The number of hydrogen-bond acceptors (Lipinski definition) is 5. The number of alkyl halides is 3. The molecule has 1 aromatic heterocycles. The molecule has 0 aromatic carbocycles. The third-order valence-corrected chi connectivity index (χ3v) is 3.10. The molecule has 2 rings (SSSR count). The molecule has 3 amide bonds. The lowest BCUT2D eigenvalue weighted by Gasteiger charge is -2.19. The molecular formula is C14H18F3N5O3. The summed E-state index contributed by atoms with van der Waals surface area (Å²) < 4.78 is 43.1. The Labute approximate surface area is 141 Å². The van der Waals surface area contributed by atoms with Gasteiger partial charge in [0.2, 0.25) is 0 Å². The van der Waals surface area contributed by atoms with Gasteiger partial charge in [-0.25, -0.2) is 9.59 Å². The second-order valence-corrected chi connectivity index (χ2v) is 6.50. The van der Waals surface area contributed by atoms with Crippen LogP contribution in [0.5, 0.6) is 0 Å². The molecule has 0 bridgehead atoms. The third kappa shape index (κ3) is 5.47. The first-order valence-corrected chi connectivity index (χ1v) is 7.38. The Kier molecular flexibility index (Phi) is 5.04. The van der Waals surface area contributed by atoms with Crippen molar-refractivity contribution in [2.75, 3.05) is 11.9 Å². The van der Waals surface area contributed by atoms with Crippen LogP contribution in [-0.2, 0) is 11.3 Å². The second-order valence-electron chi connectivity index (χ2n) is 6.50. The average molecular weight is 361 g/mol. The van der Waals surface area contributed by atoms with Gasteiger partial charge in [-0.05, 0) is 32.4 Å². The maximum atomic E-state index is 12.7. The van der Waals surface area contributed by atoms with E-state index < -0.39 is 36.5 Å². The number of carbonyl (C=O) groups is 2. The molecule has 1 aliphatic rings. The number of ether oxygens (including phenoxy) is 1. The van der Waals surface area contributed by atoms with Crippen LogP contribution < -0.4 is 10.6 Å². The maximum absolute atomic E-state index is 12.7. The zero-order valence-corrected chi connectivity index (χ0v) is 13.8. The monoisotopic (exact) mass is 361 g/mol. The molecule has 1 aromatic rings. The summed E-state index contributed by atoms with van der Waals surface area (Å²) in [7, 11) is 0. The summed E-state index contributed by atoms with van der Waals surface area (Å²) in [6, 6.07) is -1.32. The number of halogens is 3. The minimum absolute atomic E-state index is 0.0683. The van der Waals surface area contributed by atoms with Crippen LogP contribution in [0.15, 0.2) is 12.3 Å². The van der Waals surface area contributed by atoms with Crippen molar-refractivity contribution in [3.63, 3.8) is 0 Å². The molecule has 1 aliphatic heterocycles. The zero-order chi connectivity index (χ0) is 18.8. The highest BCUT2D eigenvalue weighted by Crippen LogP contribution is 2.25. The fraction of sp³-hybridized carbons (Fsp3) is 0.571. The lowest BCUT2D eigenvalue weighted by atomic mass is 10.2. The van der Waals surface area contributed by atoms with E-state index in [2.05, 4.69) is 15.5 Å². The van der Waals surface area contributed by atoms with Crippen LogP contribution in [0.2, 0.25) is 0 Å². The van der Waals surface area contributed by atoms with Crippen LogP contribution in [0.3, 0.4) is 0 Å². The van der Waals surface area contributed by atoms with Crippen molar-refractivity contribution in [3.8, 4) is 0 Å². The molecule has 2 heterocycles. The van der Waals surface area contributed by atoms with E-state index in [1.807, 2.05) is 5.32 Å². The van der Waals surface area contributed by atoms with Crippen molar-refractivity contribution in [3.05, 3.63) is 17.8 Å². The number of rotatable bonds is 3. The molecule has 0 aliphatic carbocycles. The number of anilines is 1. The number of nitrogens with zero attached hydrogens (tertiary/aromatic N) is 3. The predicted molar refractivity (Wildman–Crippen MR) is 80.7 cm³/mol. The van der Waals surface area contributed by atoms with E-state index in [1.165, 1.54) is 12.3 Å².